The second-order valence-corrected chi connectivity index (χ2v) is 11.3. The maximum Gasteiger partial charge on any atom is 0.255 e. The van der Waals surface area contributed by atoms with Gasteiger partial charge in [-0.25, -0.2) is 9.37 Å². The molecule has 2 aromatic carbocycles. The Kier molecular flexibility index (Phi) is 8.07. The highest BCUT2D eigenvalue weighted by Crippen LogP contribution is 2.35. The summed E-state index contributed by atoms with van der Waals surface area (Å²) < 4.78 is 21.3. The summed E-state index contributed by atoms with van der Waals surface area (Å²) in [7, 11) is 0. The van der Waals surface area contributed by atoms with Crippen LogP contribution in [0.15, 0.2) is 54.7 Å². The number of benzene rings is 2. The maximum absolute atomic E-state index is 15.3. The van der Waals surface area contributed by atoms with Crippen LogP contribution >= 0.6 is 0 Å². The van der Waals surface area contributed by atoms with Crippen molar-refractivity contribution in [3.05, 3.63) is 88.4 Å². The lowest BCUT2D eigenvalue weighted by Crippen LogP contribution is -2.52. The summed E-state index contributed by atoms with van der Waals surface area (Å²) in [5.74, 6) is -0.820. The fourth-order valence-electron chi connectivity index (χ4n) is 6.32. The molecule has 2 saturated heterocycles. The van der Waals surface area contributed by atoms with Crippen molar-refractivity contribution in [2.75, 3.05) is 18.0 Å². The molecule has 10 nitrogen and oxygen atoms in total. The Balaban J connectivity index is 1.09. The number of ether oxygens (including phenoxy) is 1. The molecule has 0 radical (unpaired) electrons. The molecule has 11 heteroatoms. The highest BCUT2D eigenvalue weighted by molar-refractivity contribution is 6.05. The lowest BCUT2D eigenvalue weighted by Gasteiger charge is -2.35. The van der Waals surface area contributed by atoms with Crippen molar-refractivity contribution < 1.29 is 28.3 Å². The number of hydrogen-bond donors (Lipinski definition) is 1. The van der Waals surface area contributed by atoms with Gasteiger partial charge in [0.1, 0.15) is 42.4 Å². The second kappa shape index (κ2) is 12.2. The summed E-state index contributed by atoms with van der Waals surface area (Å²) >= 11 is 0. The zero-order valence-corrected chi connectivity index (χ0v) is 23.9. The molecule has 1 unspecified atom stereocenters. The number of nitrogens with zero attached hydrogens (tertiary/aromatic N) is 4. The third-order valence-electron chi connectivity index (χ3n) is 8.78. The Labute approximate surface area is 253 Å². The van der Waals surface area contributed by atoms with Gasteiger partial charge in [0.2, 0.25) is 11.8 Å². The van der Waals surface area contributed by atoms with Gasteiger partial charge >= 0.3 is 0 Å². The van der Waals surface area contributed by atoms with E-state index in [1.807, 2.05) is 6.07 Å². The van der Waals surface area contributed by atoms with E-state index in [0.717, 1.165) is 24.9 Å². The number of amides is 3. The smallest absolute Gasteiger partial charge is 0.255 e. The average Bonchev–Trinajstić information content (AvgIpc) is 3.38. The molecule has 44 heavy (non-hydrogen) atoms. The van der Waals surface area contributed by atoms with E-state index in [1.165, 1.54) is 11.0 Å². The van der Waals surface area contributed by atoms with Gasteiger partial charge in [-0.3, -0.25) is 19.7 Å². The summed E-state index contributed by atoms with van der Waals surface area (Å²) in [5.41, 5.74) is 2.45. The molecule has 0 saturated carbocycles. The Morgan fingerprint density at radius 2 is 1.93 bits per heavy atom. The SMILES string of the molecule is N#Cc1ccc(N2CCC(C(C=O)c3ccc(COc4cccc5c4CN([C@H]4CCC(=O)NC4=O)C5=O)c(F)c3)CC2)nc1. The molecule has 4 heterocycles. The molecular formula is C33H30FN5O5. The molecule has 3 amide bonds. The van der Waals surface area contributed by atoms with Gasteiger partial charge in [-0.15, -0.1) is 0 Å². The summed E-state index contributed by atoms with van der Waals surface area (Å²) in [4.78, 5) is 57.1. The molecule has 2 atom stereocenters. The summed E-state index contributed by atoms with van der Waals surface area (Å²) in [6.07, 6.45) is 4.34. The molecule has 3 aliphatic heterocycles. The number of carbonyl (C=O) groups is 4. The van der Waals surface area contributed by atoms with Crippen LogP contribution in [0.5, 0.6) is 5.75 Å². The number of piperidine rings is 2. The minimum absolute atomic E-state index is 0.0559. The van der Waals surface area contributed by atoms with Crippen molar-refractivity contribution in [2.24, 2.45) is 5.92 Å². The fourth-order valence-corrected chi connectivity index (χ4v) is 6.32. The van der Waals surface area contributed by atoms with Crippen LogP contribution in [-0.2, 0) is 27.5 Å². The number of pyridine rings is 1. The molecule has 1 aromatic heterocycles. The zero-order valence-electron chi connectivity index (χ0n) is 23.9. The predicted octanol–water partition coefficient (Wildman–Crippen LogP) is 3.63. The van der Waals surface area contributed by atoms with Crippen LogP contribution in [0.2, 0.25) is 0 Å². The van der Waals surface area contributed by atoms with Crippen LogP contribution in [-0.4, -0.2) is 53.0 Å². The topological polar surface area (TPSA) is 133 Å². The predicted molar refractivity (Wildman–Crippen MR) is 156 cm³/mol. The maximum atomic E-state index is 15.3. The first-order chi connectivity index (χ1) is 21.4. The Hall–Kier alpha value is -5.11. The molecule has 1 N–H and O–H groups in total. The lowest BCUT2D eigenvalue weighted by atomic mass is 9.80. The number of nitrogens with one attached hydrogen (secondary N) is 1. The molecule has 2 fully saturated rings. The van der Waals surface area contributed by atoms with Gasteiger partial charge in [0.25, 0.3) is 5.91 Å². The number of halogens is 1. The van der Waals surface area contributed by atoms with Crippen LogP contribution in [0.1, 0.15) is 64.2 Å². The highest BCUT2D eigenvalue weighted by atomic mass is 19.1. The van der Waals surface area contributed by atoms with Gasteiger partial charge in [-0.05, 0) is 61.1 Å². The van der Waals surface area contributed by atoms with Gasteiger partial charge in [-0.2, -0.15) is 5.26 Å². The number of aldehydes is 1. The van der Waals surface area contributed by atoms with E-state index in [1.54, 1.807) is 42.6 Å². The molecule has 224 valence electrons. The number of rotatable bonds is 8. The number of imide groups is 1. The first-order valence-corrected chi connectivity index (χ1v) is 14.6. The molecular weight excluding hydrogens is 565 g/mol. The molecule has 3 aliphatic rings. The van der Waals surface area contributed by atoms with Crippen LogP contribution < -0.4 is 15.0 Å². The number of anilines is 1. The van der Waals surface area contributed by atoms with Crippen molar-refractivity contribution in [2.45, 2.75) is 50.8 Å². The Morgan fingerprint density at radius 1 is 1.11 bits per heavy atom. The van der Waals surface area contributed by atoms with Crippen molar-refractivity contribution in [3.8, 4) is 11.8 Å². The van der Waals surface area contributed by atoms with Crippen LogP contribution in [0.25, 0.3) is 0 Å². The first kappa shape index (κ1) is 29.0. The van der Waals surface area contributed by atoms with Crippen LogP contribution in [0.3, 0.4) is 0 Å². The van der Waals surface area contributed by atoms with E-state index in [4.69, 9.17) is 10.00 Å². The van der Waals surface area contributed by atoms with Gasteiger partial charge < -0.3 is 19.3 Å². The van der Waals surface area contributed by atoms with Gasteiger partial charge in [0.15, 0.2) is 0 Å². The van der Waals surface area contributed by atoms with E-state index in [-0.39, 0.29) is 43.7 Å². The Bertz CT molecular complexity index is 1660. The number of nitriles is 1. The van der Waals surface area contributed by atoms with Crippen molar-refractivity contribution >= 4 is 29.8 Å². The number of hydrogen-bond acceptors (Lipinski definition) is 8. The normalized spacial score (nSPS) is 19.3. The third kappa shape index (κ3) is 5.63. The van der Waals surface area contributed by atoms with Gasteiger partial charge in [0, 0.05) is 48.3 Å². The molecule has 3 aromatic rings. The summed E-state index contributed by atoms with van der Waals surface area (Å²) in [6, 6.07) is 14.7. The van der Waals surface area contributed by atoms with Crippen molar-refractivity contribution in [1.29, 1.82) is 5.26 Å². The number of aromatic nitrogens is 1. The van der Waals surface area contributed by atoms with Crippen LogP contribution in [0.4, 0.5) is 10.2 Å². The monoisotopic (exact) mass is 595 g/mol. The first-order valence-electron chi connectivity index (χ1n) is 14.6. The largest absolute Gasteiger partial charge is 0.488 e. The highest BCUT2D eigenvalue weighted by Gasteiger charge is 2.40. The standard InChI is InChI=1S/C33H30FN5O5/c34-27-14-22(26(18-40)21-10-12-38(13-11-21)30-8-4-20(15-35)16-36-30)5-6-23(27)19-44-29-3-1-2-24-25(29)17-39(33(24)43)28-7-9-31(41)37-32(28)42/h1-6,8,14,16,18,21,26,28H,7,9-13,17,19H2,(H,37,41,42)/t26?,28-/m0/s1. The molecule has 0 spiro atoms. The quantitative estimate of drug-likeness (QED) is 0.309. The molecule has 0 aliphatic carbocycles. The van der Waals surface area contributed by atoms with Crippen molar-refractivity contribution in [3.63, 3.8) is 0 Å². The number of fused-ring (bicyclic) bond motifs is 1. The van der Waals surface area contributed by atoms with E-state index >= 15 is 4.39 Å². The number of carbonyl (C=O) groups excluding carboxylic acids is 4. The van der Waals surface area contributed by atoms with Crippen LogP contribution in [0, 0.1) is 23.1 Å². The minimum atomic E-state index is -0.740. The summed E-state index contributed by atoms with van der Waals surface area (Å²) in [5, 5.41) is 11.3. The van der Waals surface area contributed by atoms with Crippen molar-refractivity contribution in [1.82, 2.24) is 15.2 Å². The Morgan fingerprint density at radius 3 is 2.61 bits per heavy atom. The second-order valence-electron chi connectivity index (χ2n) is 11.3. The minimum Gasteiger partial charge on any atom is -0.488 e. The van der Waals surface area contributed by atoms with E-state index < -0.39 is 23.7 Å². The zero-order chi connectivity index (χ0) is 30.8. The van der Waals surface area contributed by atoms with Gasteiger partial charge in [0.05, 0.1) is 12.1 Å². The third-order valence-corrected chi connectivity index (χ3v) is 8.78. The average molecular weight is 596 g/mol. The van der Waals surface area contributed by atoms with E-state index in [2.05, 4.69) is 21.3 Å². The fraction of sp³-hybridized carbons (Fsp3) is 0.333. The van der Waals surface area contributed by atoms with E-state index in [9.17, 15) is 19.2 Å². The lowest BCUT2D eigenvalue weighted by molar-refractivity contribution is -0.137. The summed E-state index contributed by atoms with van der Waals surface area (Å²) in [6.45, 7) is 1.47. The van der Waals surface area contributed by atoms with Gasteiger partial charge in [-0.1, -0.05) is 18.2 Å². The molecule has 0 bridgehead atoms. The van der Waals surface area contributed by atoms with E-state index in [0.29, 0.717) is 46.7 Å². The molecule has 6 rings (SSSR count).